The molecule has 25 heavy (non-hydrogen) atoms. The number of amides is 2. The molecule has 0 radical (unpaired) electrons. The molecule has 0 spiro atoms. The number of rotatable bonds is 7. The molecule has 0 aromatic heterocycles. The summed E-state index contributed by atoms with van der Waals surface area (Å²) in [5, 5.41) is 5.10. The van der Waals surface area contributed by atoms with E-state index in [9.17, 15) is 18.4 Å². The normalized spacial score (nSPS) is 11.6. The summed E-state index contributed by atoms with van der Waals surface area (Å²) in [5.41, 5.74) is 0.884. The zero-order valence-electron chi connectivity index (χ0n) is 13.9. The first-order valence-electron chi connectivity index (χ1n) is 8.02. The van der Waals surface area contributed by atoms with Crippen molar-refractivity contribution < 1.29 is 18.4 Å². The minimum Gasteiger partial charge on any atom is -0.352 e. The first kappa shape index (κ1) is 18.6. The van der Waals surface area contributed by atoms with Crippen molar-refractivity contribution in [3.8, 4) is 0 Å². The van der Waals surface area contributed by atoms with Crippen molar-refractivity contribution in [1.29, 1.82) is 0 Å². The average molecular weight is 346 g/mol. The first-order valence-corrected chi connectivity index (χ1v) is 8.02. The summed E-state index contributed by atoms with van der Waals surface area (Å²) in [6.07, 6.45) is 1.59. The fraction of sp³-hybridized carbons (Fsp3) is 0.263. The molecule has 6 heteroatoms. The van der Waals surface area contributed by atoms with Crippen molar-refractivity contribution in [1.82, 2.24) is 10.6 Å². The highest BCUT2D eigenvalue weighted by Crippen LogP contribution is 2.09. The van der Waals surface area contributed by atoms with Crippen molar-refractivity contribution in [3.63, 3.8) is 0 Å². The SMILES string of the molecule is CC(CCc1ccccc1)NC(=O)CNC(=O)c1ccc(F)cc1F. The summed E-state index contributed by atoms with van der Waals surface area (Å²) >= 11 is 0. The predicted octanol–water partition coefficient (Wildman–Crippen LogP) is 2.83. The third-order valence-corrected chi connectivity index (χ3v) is 3.70. The number of hydrogen-bond acceptors (Lipinski definition) is 2. The molecular formula is C19H20F2N2O2. The van der Waals surface area contributed by atoms with E-state index in [1.165, 1.54) is 5.56 Å². The van der Waals surface area contributed by atoms with E-state index in [0.29, 0.717) is 6.07 Å². The molecule has 2 amide bonds. The van der Waals surface area contributed by atoms with Gasteiger partial charge in [-0.3, -0.25) is 9.59 Å². The van der Waals surface area contributed by atoms with E-state index in [2.05, 4.69) is 10.6 Å². The van der Waals surface area contributed by atoms with E-state index in [-0.39, 0.29) is 24.1 Å². The number of carbonyl (C=O) groups is 2. The van der Waals surface area contributed by atoms with Crippen LogP contribution in [-0.4, -0.2) is 24.4 Å². The van der Waals surface area contributed by atoms with E-state index in [1.807, 2.05) is 37.3 Å². The molecule has 132 valence electrons. The zero-order chi connectivity index (χ0) is 18.2. The van der Waals surface area contributed by atoms with Gasteiger partial charge < -0.3 is 10.6 Å². The second kappa shape index (κ2) is 8.92. The van der Waals surface area contributed by atoms with Crippen LogP contribution in [0.1, 0.15) is 29.3 Å². The monoisotopic (exact) mass is 346 g/mol. The van der Waals surface area contributed by atoms with Gasteiger partial charge in [-0.2, -0.15) is 0 Å². The molecule has 2 rings (SSSR count). The van der Waals surface area contributed by atoms with Gasteiger partial charge in [-0.15, -0.1) is 0 Å². The lowest BCUT2D eigenvalue weighted by Gasteiger charge is -2.14. The Morgan fingerprint density at radius 1 is 1.08 bits per heavy atom. The van der Waals surface area contributed by atoms with Crippen LogP contribution in [0.5, 0.6) is 0 Å². The Labute approximate surface area is 145 Å². The molecule has 0 saturated carbocycles. The highest BCUT2D eigenvalue weighted by Gasteiger charge is 2.14. The molecule has 0 heterocycles. The van der Waals surface area contributed by atoms with E-state index in [0.717, 1.165) is 25.0 Å². The Balaban J connectivity index is 1.75. The predicted molar refractivity (Wildman–Crippen MR) is 91.1 cm³/mol. The van der Waals surface area contributed by atoms with E-state index < -0.39 is 17.5 Å². The maximum Gasteiger partial charge on any atom is 0.254 e. The number of nitrogens with one attached hydrogen (secondary N) is 2. The van der Waals surface area contributed by atoms with Gasteiger partial charge in [-0.25, -0.2) is 8.78 Å². The Bertz CT molecular complexity index is 735. The van der Waals surface area contributed by atoms with Crippen molar-refractivity contribution in [2.45, 2.75) is 25.8 Å². The Kier molecular flexibility index (Phi) is 6.62. The van der Waals surface area contributed by atoms with Crippen LogP contribution in [0.2, 0.25) is 0 Å². The molecule has 2 aromatic rings. The van der Waals surface area contributed by atoms with Gasteiger partial charge in [-0.1, -0.05) is 30.3 Å². The third-order valence-electron chi connectivity index (χ3n) is 3.70. The van der Waals surface area contributed by atoms with E-state index in [4.69, 9.17) is 0 Å². The maximum atomic E-state index is 13.5. The molecule has 2 N–H and O–H groups in total. The van der Waals surface area contributed by atoms with Gasteiger partial charge in [0.15, 0.2) is 0 Å². The summed E-state index contributed by atoms with van der Waals surface area (Å²) < 4.78 is 26.3. The molecule has 0 aliphatic carbocycles. The minimum atomic E-state index is -0.964. The Hall–Kier alpha value is -2.76. The zero-order valence-corrected chi connectivity index (χ0v) is 13.9. The summed E-state index contributed by atoms with van der Waals surface area (Å²) in [6.45, 7) is 1.60. The number of hydrogen-bond donors (Lipinski definition) is 2. The molecule has 4 nitrogen and oxygen atoms in total. The topological polar surface area (TPSA) is 58.2 Å². The number of halogens is 2. The molecule has 0 aliphatic heterocycles. The van der Waals surface area contributed by atoms with Crippen LogP contribution in [0.4, 0.5) is 8.78 Å². The Morgan fingerprint density at radius 3 is 2.48 bits per heavy atom. The van der Waals surface area contributed by atoms with Gasteiger partial charge in [0.05, 0.1) is 12.1 Å². The van der Waals surface area contributed by atoms with Crippen LogP contribution in [0.15, 0.2) is 48.5 Å². The van der Waals surface area contributed by atoms with Crippen LogP contribution >= 0.6 is 0 Å². The smallest absolute Gasteiger partial charge is 0.254 e. The van der Waals surface area contributed by atoms with Crippen LogP contribution in [-0.2, 0) is 11.2 Å². The molecule has 0 saturated heterocycles. The number of carbonyl (C=O) groups excluding carboxylic acids is 2. The lowest BCUT2D eigenvalue weighted by molar-refractivity contribution is -0.120. The van der Waals surface area contributed by atoms with E-state index >= 15 is 0 Å². The second-order valence-corrected chi connectivity index (χ2v) is 5.80. The lowest BCUT2D eigenvalue weighted by Crippen LogP contribution is -2.41. The largest absolute Gasteiger partial charge is 0.352 e. The van der Waals surface area contributed by atoms with Crippen LogP contribution in [0.25, 0.3) is 0 Å². The fourth-order valence-corrected chi connectivity index (χ4v) is 2.36. The van der Waals surface area contributed by atoms with Crippen molar-refractivity contribution in [3.05, 3.63) is 71.3 Å². The van der Waals surface area contributed by atoms with E-state index in [1.54, 1.807) is 0 Å². The van der Waals surface area contributed by atoms with Gasteiger partial charge in [-0.05, 0) is 37.5 Å². The Morgan fingerprint density at radius 2 is 1.80 bits per heavy atom. The first-order chi connectivity index (χ1) is 12.0. The lowest BCUT2D eigenvalue weighted by atomic mass is 10.1. The summed E-state index contributed by atoms with van der Waals surface area (Å²) in [4.78, 5) is 23.7. The van der Waals surface area contributed by atoms with Gasteiger partial charge in [0.25, 0.3) is 5.91 Å². The standard InChI is InChI=1S/C19H20F2N2O2/c1-13(7-8-14-5-3-2-4-6-14)23-18(24)12-22-19(25)16-10-9-15(20)11-17(16)21/h2-6,9-11,13H,7-8,12H2,1H3,(H,22,25)(H,23,24). The molecule has 1 atom stereocenters. The van der Waals surface area contributed by atoms with Gasteiger partial charge >= 0.3 is 0 Å². The third kappa shape index (κ3) is 5.99. The molecule has 0 fully saturated rings. The van der Waals surface area contributed by atoms with Crippen LogP contribution < -0.4 is 10.6 Å². The van der Waals surface area contributed by atoms with Crippen molar-refractivity contribution in [2.75, 3.05) is 6.54 Å². The van der Waals surface area contributed by atoms with Gasteiger partial charge in [0.1, 0.15) is 11.6 Å². The fourth-order valence-electron chi connectivity index (χ4n) is 2.36. The number of benzene rings is 2. The second-order valence-electron chi connectivity index (χ2n) is 5.80. The molecular weight excluding hydrogens is 326 g/mol. The number of aryl methyl sites for hydroxylation is 1. The molecule has 1 unspecified atom stereocenters. The van der Waals surface area contributed by atoms with Gasteiger partial charge in [0, 0.05) is 12.1 Å². The van der Waals surface area contributed by atoms with Crippen molar-refractivity contribution in [2.24, 2.45) is 0 Å². The minimum absolute atomic E-state index is 0.0628. The van der Waals surface area contributed by atoms with Crippen LogP contribution in [0.3, 0.4) is 0 Å². The highest BCUT2D eigenvalue weighted by molar-refractivity contribution is 5.96. The maximum absolute atomic E-state index is 13.5. The van der Waals surface area contributed by atoms with Gasteiger partial charge in [0.2, 0.25) is 5.91 Å². The van der Waals surface area contributed by atoms with Crippen LogP contribution in [0, 0.1) is 11.6 Å². The quantitative estimate of drug-likeness (QED) is 0.810. The molecule has 0 aliphatic rings. The average Bonchev–Trinajstić information content (AvgIpc) is 2.59. The summed E-state index contributed by atoms with van der Waals surface area (Å²) in [7, 11) is 0. The molecule has 0 bridgehead atoms. The van der Waals surface area contributed by atoms with Crippen molar-refractivity contribution >= 4 is 11.8 Å². The highest BCUT2D eigenvalue weighted by atomic mass is 19.1. The summed E-state index contributed by atoms with van der Waals surface area (Å²) in [6, 6.07) is 12.5. The molecule has 2 aromatic carbocycles. The summed E-state index contributed by atoms with van der Waals surface area (Å²) in [5.74, 6) is -2.85.